The zero-order valence-electron chi connectivity index (χ0n) is 5.81. The van der Waals surface area contributed by atoms with Crippen molar-refractivity contribution in [2.45, 2.75) is 6.54 Å². The van der Waals surface area contributed by atoms with Crippen LogP contribution in [0.25, 0.3) is 5.78 Å². The molecule has 2 rings (SSSR count). The van der Waals surface area contributed by atoms with Gasteiger partial charge in [0, 0.05) is 12.7 Å². The summed E-state index contributed by atoms with van der Waals surface area (Å²) in [4.78, 5) is 8.03. The van der Waals surface area contributed by atoms with Crippen molar-refractivity contribution in [1.82, 2.24) is 19.6 Å². The predicted molar refractivity (Wildman–Crippen MR) is 38.7 cm³/mol. The molecule has 0 saturated carbocycles. The Labute approximate surface area is 62.9 Å². The van der Waals surface area contributed by atoms with Crippen molar-refractivity contribution in [2.75, 3.05) is 0 Å². The quantitative estimate of drug-likeness (QED) is 0.598. The molecule has 0 radical (unpaired) electrons. The lowest BCUT2D eigenvalue weighted by molar-refractivity contribution is 0.901. The molecule has 2 heterocycles. The molecule has 0 atom stereocenters. The van der Waals surface area contributed by atoms with E-state index in [1.54, 1.807) is 10.7 Å². The van der Waals surface area contributed by atoms with E-state index in [1.807, 2.05) is 6.07 Å². The molecule has 0 spiro atoms. The fourth-order valence-corrected chi connectivity index (χ4v) is 0.865. The van der Waals surface area contributed by atoms with Gasteiger partial charge in [-0.25, -0.2) is 9.50 Å². The van der Waals surface area contributed by atoms with Crippen LogP contribution in [0, 0.1) is 0 Å². The highest BCUT2D eigenvalue weighted by atomic mass is 15.3. The van der Waals surface area contributed by atoms with Crippen LogP contribution in [0.4, 0.5) is 0 Å². The fourth-order valence-electron chi connectivity index (χ4n) is 0.865. The van der Waals surface area contributed by atoms with Crippen molar-refractivity contribution in [3.63, 3.8) is 0 Å². The molecular formula is C6H7N5. The second-order valence-corrected chi connectivity index (χ2v) is 2.13. The van der Waals surface area contributed by atoms with Gasteiger partial charge in [-0.15, -0.1) is 0 Å². The topological polar surface area (TPSA) is 69.1 Å². The van der Waals surface area contributed by atoms with Crippen molar-refractivity contribution in [2.24, 2.45) is 5.73 Å². The normalized spacial score (nSPS) is 10.6. The van der Waals surface area contributed by atoms with E-state index in [2.05, 4.69) is 15.1 Å². The van der Waals surface area contributed by atoms with Gasteiger partial charge >= 0.3 is 0 Å². The van der Waals surface area contributed by atoms with E-state index in [-0.39, 0.29) is 0 Å². The molecule has 0 fully saturated rings. The van der Waals surface area contributed by atoms with Crippen molar-refractivity contribution < 1.29 is 0 Å². The molecule has 11 heavy (non-hydrogen) atoms. The smallest absolute Gasteiger partial charge is 0.252 e. The number of hydrogen-bond donors (Lipinski definition) is 1. The minimum atomic E-state index is 0.434. The van der Waals surface area contributed by atoms with E-state index >= 15 is 0 Å². The summed E-state index contributed by atoms with van der Waals surface area (Å²) in [7, 11) is 0. The molecule has 0 bridgehead atoms. The van der Waals surface area contributed by atoms with Gasteiger partial charge < -0.3 is 5.73 Å². The molecule has 5 nitrogen and oxygen atoms in total. The van der Waals surface area contributed by atoms with Gasteiger partial charge in [0.2, 0.25) is 0 Å². The summed E-state index contributed by atoms with van der Waals surface area (Å²) in [5, 5.41) is 3.90. The third-order valence-electron chi connectivity index (χ3n) is 1.42. The third kappa shape index (κ3) is 0.947. The van der Waals surface area contributed by atoms with Crippen LogP contribution >= 0.6 is 0 Å². The molecule has 0 aliphatic heterocycles. The number of rotatable bonds is 1. The summed E-state index contributed by atoms with van der Waals surface area (Å²) in [5.41, 5.74) is 6.21. The second kappa shape index (κ2) is 2.28. The van der Waals surface area contributed by atoms with E-state index < -0.39 is 0 Å². The van der Waals surface area contributed by atoms with E-state index in [1.165, 1.54) is 6.33 Å². The summed E-state index contributed by atoms with van der Waals surface area (Å²) in [5.74, 6) is 0.591. The maximum atomic E-state index is 5.39. The van der Waals surface area contributed by atoms with Crippen LogP contribution in [0.15, 0.2) is 18.6 Å². The van der Waals surface area contributed by atoms with Crippen molar-refractivity contribution >= 4 is 5.78 Å². The van der Waals surface area contributed by atoms with Crippen LogP contribution < -0.4 is 5.73 Å². The summed E-state index contributed by atoms with van der Waals surface area (Å²) in [6, 6.07) is 1.82. The fraction of sp³-hybridized carbons (Fsp3) is 0.167. The molecule has 56 valence electrons. The number of aromatic nitrogens is 4. The van der Waals surface area contributed by atoms with Gasteiger partial charge in [0.25, 0.3) is 5.78 Å². The highest BCUT2D eigenvalue weighted by Gasteiger charge is 1.96. The molecule has 2 aromatic rings. The molecule has 0 saturated heterocycles. The van der Waals surface area contributed by atoms with Crippen LogP contribution in [0.2, 0.25) is 0 Å². The first-order chi connectivity index (χ1) is 5.40. The number of nitrogens with zero attached hydrogens (tertiary/aromatic N) is 4. The van der Waals surface area contributed by atoms with Crippen LogP contribution in [0.1, 0.15) is 5.69 Å². The Morgan fingerprint density at radius 2 is 2.45 bits per heavy atom. The van der Waals surface area contributed by atoms with Crippen molar-refractivity contribution in [1.29, 1.82) is 0 Å². The number of nitrogens with two attached hydrogens (primary N) is 1. The molecule has 0 aliphatic rings. The highest BCUT2D eigenvalue weighted by Crippen LogP contribution is 1.95. The minimum Gasteiger partial charge on any atom is -0.325 e. The van der Waals surface area contributed by atoms with Gasteiger partial charge in [-0.2, -0.15) is 10.1 Å². The first-order valence-electron chi connectivity index (χ1n) is 3.25. The maximum absolute atomic E-state index is 5.39. The summed E-state index contributed by atoms with van der Waals surface area (Å²) in [6.45, 7) is 0.434. The number of fused-ring (bicyclic) bond motifs is 1. The Morgan fingerprint density at radius 3 is 3.27 bits per heavy atom. The lowest BCUT2D eigenvalue weighted by Gasteiger charge is -1.93. The molecule has 0 amide bonds. The van der Waals surface area contributed by atoms with Crippen molar-refractivity contribution in [3.8, 4) is 0 Å². The van der Waals surface area contributed by atoms with E-state index in [9.17, 15) is 0 Å². The molecule has 0 aliphatic carbocycles. The zero-order chi connectivity index (χ0) is 7.68. The lowest BCUT2D eigenvalue weighted by atomic mass is 10.4. The van der Waals surface area contributed by atoms with Crippen LogP contribution in [-0.2, 0) is 6.54 Å². The van der Waals surface area contributed by atoms with Gasteiger partial charge in [-0.3, -0.25) is 0 Å². The van der Waals surface area contributed by atoms with Gasteiger partial charge in [-0.1, -0.05) is 0 Å². The first-order valence-corrected chi connectivity index (χ1v) is 3.25. The van der Waals surface area contributed by atoms with Crippen LogP contribution in [0.5, 0.6) is 0 Å². The van der Waals surface area contributed by atoms with Gasteiger partial charge in [0.05, 0.1) is 5.69 Å². The minimum absolute atomic E-state index is 0.434. The summed E-state index contributed by atoms with van der Waals surface area (Å²) in [6.07, 6.45) is 3.25. The van der Waals surface area contributed by atoms with Gasteiger partial charge in [-0.05, 0) is 6.07 Å². The standard InChI is InChI=1S/C6H7N5/c7-3-5-1-2-11-6(10-5)8-4-9-11/h1-2,4H,3,7H2. The number of hydrogen-bond acceptors (Lipinski definition) is 4. The molecule has 0 unspecified atom stereocenters. The average molecular weight is 149 g/mol. The van der Waals surface area contributed by atoms with E-state index in [4.69, 9.17) is 5.73 Å². The van der Waals surface area contributed by atoms with Crippen molar-refractivity contribution in [3.05, 3.63) is 24.3 Å². The summed E-state index contributed by atoms with van der Waals surface area (Å²) >= 11 is 0. The third-order valence-corrected chi connectivity index (χ3v) is 1.42. The monoisotopic (exact) mass is 149 g/mol. The molecular weight excluding hydrogens is 142 g/mol. The Kier molecular flexibility index (Phi) is 1.29. The Morgan fingerprint density at radius 1 is 1.55 bits per heavy atom. The zero-order valence-corrected chi connectivity index (χ0v) is 5.81. The Balaban J connectivity index is 2.67. The maximum Gasteiger partial charge on any atom is 0.252 e. The molecule has 2 N–H and O–H groups in total. The largest absolute Gasteiger partial charge is 0.325 e. The molecule has 5 heteroatoms. The van der Waals surface area contributed by atoms with Crippen LogP contribution in [0.3, 0.4) is 0 Å². The average Bonchev–Trinajstić information content (AvgIpc) is 2.50. The lowest BCUT2D eigenvalue weighted by Crippen LogP contribution is -2.01. The summed E-state index contributed by atoms with van der Waals surface area (Å²) < 4.78 is 1.60. The van der Waals surface area contributed by atoms with E-state index in [0.717, 1.165) is 5.69 Å². The first kappa shape index (κ1) is 6.23. The Bertz CT molecular complexity index is 366. The van der Waals surface area contributed by atoms with Gasteiger partial charge in [0.1, 0.15) is 6.33 Å². The molecule has 0 aromatic carbocycles. The Hall–Kier alpha value is -1.49. The van der Waals surface area contributed by atoms with Gasteiger partial charge in [0.15, 0.2) is 0 Å². The highest BCUT2D eigenvalue weighted by molar-refractivity contribution is 5.25. The SMILES string of the molecule is NCc1ccn2ncnc2n1. The predicted octanol–water partition coefficient (Wildman–Crippen LogP) is -0.417. The second-order valence-electron chi connectivity index (χ2n) is 2.13. The molecule has 2 aromatic heterocycles. The van der Waals surface area contributed by atoms with Crippen LogP contribution in [-0.4, -0.2) is 19.6 Å². The van der Waals surface area contributed by atoms with E-state index in [0.29, 0.717) is 12.3 Å².